The normalized spacial score (nSPS) is 37.1. The van der Waals surface area contributed by atoms with Gasteiger partial charge in [-0.05, 0) is 39.5 Å². The topological polar surface area (TPSA) is 78.9 Å². The van der Waals surface area contributed by atoms with E-state index in [1.807, 2.05) is 20.8 Å². The molecule has 3 unspecified atom stereocenters. The molecule has 2 fully saturated rings. The van der Waals surface area contributed by atoms with Crippen molar-refractivity contribution < 1.29 is 19.4 Å². The number of carbonyl (C=O) groups excluding carboxylic acids is 1. The summed E-state index contributed by atoms with van der Waals surface area (Å²) in [5.41, 5.74) is -1.47. The van der Waals surface area contributed by atoms with Gasteiger partial charge in [0.2, 0.25) is 0 Å². The van der Waals surface area contributed by atoms with E-state index in [0.29, 0.717) is 26.0 Å². The number of carboxylic acids is 1. The highest BCUT2D eigenvalue weighted by Gasteiger charge is 2.50. The number of hydrogen-bond acceptors (Lipinski definition) is 3. The van der Waals surface area contributed by atoms with E-state index in [1.165, 1.54) is 4.90 Å². The van der Waals surface area contributed by atoms with E-state index in [0.717, 1.165) is 12.8 Å². The molecule has 0 aliphatic carbocycles. The molecule has 2 amide bonds. The Labute approximate surface area is 119 Å². The molecular formula is C14H24N2O4. The summed E-state index contributed by atoms with van der Waals surface area (Å²) in [5, 5.41) is 12.5. The Morgan fingerprint density at radius 3 is 2.65 bits per heavy atom. The largest absolute Gasteiger partial charge is 0.479 e. The monoisotopic (exact) mass is 284 g/mol. The van der Waals surface area contributed by atoms with E-state index in [4.69, 9.17) is 4.74 Å². The molecule has 2 rings (SSSR count). The average Bonchev–Trinajstić information content (AvgIpc) is 2.95. The molecule has 0 radical (unpaired) electrons. The van der Waals surface area contributed by atoms with E-state index in [9.17, 15) is 14.7 Å². The fourth-order valence-electron chi connectivity index (χ4n) is 3.23. The van der Waals surface area contributed by atoms with E-state index < -0.39 is 17.0 Å². The van der Waals surface area contributed by atoms with Gasteiger partial charge in [-0.3, -0.25) is 0 Å². The summed E-state index contributed by atoms with van der Waals surface area (Å²) in [7, 11) is 0. The lowest BCUT2D eigenvalue weighted by molar-refractivity contribution is -0.148. The number of carbonyl (C=O) groups is 2. The molecule has 0 aromatic heterocycles. The van der Waals surface area contributed by atoms with Crippen LogP contribution in [0.2, 0.25) is 0 Å². The van der Waals surface area contributed by atoms with Gasteiger partial charge in [0.1, 0.15) is 5.54 Å². The number of amides is 2. The molecule has 0 spiro atoms. The summed E-state index contributed by atoms with van der Waals surface area (Å²) in [5.74, 6) is -0.909. The smallest absolute Gasteiger partial charge is 0.329 e. The van der Waals surface area contributed by atoms with Crippen LogP contribution in [0.25, 0.3) is 0 Å². The minimum atomic E-state index is -1.05. The molecule has 0 bridgehead atoms. The zero-order valence-corrected chi connectivity index (χ0v) is 12.4. The van der Waals surface area contributed by atoms with Crippen molar-refractivity contribution in [1.29, 1.82) is 0 Å². The number of nitrogens with one attached hydrogen (secondary N) is 1. The van der Waals surface area contributed by atoms with Gasteiger partial charge in [-0.2, -0.15) is 0 Å². The first-order chi connectivity index (χ1) is 9.35. The summed E-state index contributed by atoms with van der Waals surface area (Å²) in [6.45, 7) is 6.82. The lowest BCUT2D eigenvalue weighted by atomic mass is 9.92. The summed E-state index contributed by atoms with van der Waals surface area (Å²) in [6.07, 6.45) is 2.37. The van der Waals surface area contributed by atoms with Crippen molar-refractivity contribution in [2.24, 2.45) is 0 Å². The van der Waals surface area contributed by atoms with Crippen LogP contribution >= 0.6 is 0 Å². The van der Waals surface area contributed by atoms with E-state index in [1.54, 1.807) is 0 Å². The maximum Gasteiger partial charge on any atom is 0.329 e. The second kappa shape index (κ2) is 5.24. The molecule has 0 saturated carbocycles. The van der Waals surface area contributed by atoms with Crippen LogP contribution in [-0.4, -0.2) is 52.3 Å². The predicted octanol–water partition coefficient (Wildman–Crippen LogP) is 1.59. The highest BCUT2D eigenvalue weighted by atomic mass is 16.5. The molecule has 2 aliphatic heterocycles. The summed E-state index contributed by atoms with van der Waals surface area (Å²) >= 11 is 0. The van der Waals surface area contributed by atoms with Gasteiger partial charge in [-0.15, -0.1) is 0 Å². The van der Waals surface area contributed by atoms with Gasteiger partial charge in [0.25, 0.3) is 0 Å². The van der Waals surface area contributed by atoms with Crippen molar-refractivity contribution in [2.75, 3.05) is 13.2 Å². The second-order valence-corrected chi connectivity index (χ2v) is 6.06. The lowest BCUT2D eigenvalue weighted by Gasteiger charge is -2.37. The van der Waals surface area contributed by atoms with Gasteiger partial charge in [-0.1, -0.05) is 6.92 Å². The van der Waals surface area contributed by atoms with Crippen LogP contribution in [0, 0.1) is 0 Å². The maximum atomic E-state index is 12.5. The zero-order valence-electron chi connectivity index (χ0n) is 12.4. The van der Waals surface area contributed by atoms with Gasteiger partial charge >= 0.3 is 12.0 Å². The fourth-order valence-corrected chi connectivity index (χ4v) is 3.23. The molecule has 2 aliphatic rings. The van der Waals surface area contributed by atoms with Gasteiger partial charge in [0, 0.05) is 13.2 Å². The Morgan fingerprint density at radius 2 is 2.15 bits per heavy atom. The van der Waals surface area contributed by atoms with Crippen molar-refractivity contribution in [3.63, 3.8) is 0 Å². The first kappa shape index (κ1) is 15.1. The number of likely N-dealkylation sites (tertiary alicyclic amines) is 1. The lowest BCUT2D eigenvalue weighted by Crippen LogP contribution is -2.61. The average molecular weight is 284 g/mol. The van der Waals surface area contributed by atoms with Crippen LogP contribution in [0.5, 0.6) is 0 Å². The second-order valence-electron chi connectivity index (χ2n) is 6.06. The standard InChI is InChI=1S/C14H24N2O4/c1-4-14(11(17)18)6-5-8-16(14)12(19)15-13(3)7-9-20-10(13)2/h10H,4-9H2,1-3H3,(H,15,19)(H,17,18). The number of nitrogens with zero attached hydrogens (tertiary/aromatic N) is 1. The Hall–Kier alpha value is -1.30. The molecule has 2 saturated heterocycles. The predicted molar refractivity (Wildman–Crippen MR) is 73.6 cm³/mol. The van der Waals surface area contributed by atoms with Crippen LogP contribution in [0.3, 0.4) is 0 Å². The number of aliphatic carboxylic acids is 1. The number of rotatable bonds is 3. The van der Waals surface area contributed by atoms with Crippen molar-refractivity contribution in [3.8, 4) is 0 Å². The van der Waals surface area contributed by atoms with E-state index >= 15 is 0 Å². The van der Waals surface area contributed by atoms with Crippen molar-refractivity contribution in [3.05, 3.63) is 0 Å². The van der Waals surface area contributed by atoms with Gasteiger partial charge < -0.3 is 20.1 Å². The van der Waals surface area contributed by atoms with Crippen LogP contribution in [0.4, 0.5) is 4.79 Å². The molecule has 20 heavy (non-hydrogen) atoms. The summed E-state index contributed by atoms with van der Waals surface area (Å²) < 4.78 is 5.51. The Balaban J connectivity index is 2.14. The number of carboxylic acid groups (broad SMARTS) is 1. The number of urea groups is 1. The maximum absolute atomic E-state index is 12.5. The first-order valence-electron chi connectivity index (χ1n) is 7.30. The molecule has 0 aromatic rings. The van der Waals surface area contributed by atoms with Crippen LogP contribution in [-0.2, 0) is 9.53 Å². The molecule has 0 aromatic carbocycles. The fraction of sp³-hybridized carbons (Fsp3) is 0.857. The minimum absolute atomic E-state index is 0.0603. The molecule has 6 heteroatoms. The van der Waals surface area contributed by atoms with Crippen LogP contribution < -0.4 is 5.32 Å². The number of ether oxygens (including phenoxy) is 1. The third kappa shape index (κ3) is 2.26. The molecule has 6 nitrogen and oxygen atoms in total. The van der Waals surface area contributed by atoms with E-state index in [2.05, 4.69) is 5.32 Å². The Bertz CT molecular complexity index is 414. The van der Waals surface area contributed by atoms with Crippen molar-refractivity contribution >= 4 is 12.0 Å². The van der Waals surface area contributed by atoms with Crippen LogP contribution in [0.1, 0.15) is 46.5 Å². The molecule has 114 valence electrons. The summed E-state index contributed by atoms with van der Waals surface area (Å²) in [6, 6.07) is -0.286. The molecule has 2 N–H and O–H groups in total. The van der Waals surface area contributed by atoms with Crippen molar-refractivity contribution in [2.45, 2.75) is 63.6 Å². The highest BCUT2D eigenvalue weighted by molar-refractivity contribution is 5.87. The van der Waals surface area contributed by atoms with Gasteiger partial charge in [0.15, 0.2) is 0 Å². The van der Waals surface area contributed by atoms with Gasteiger partial charge in [0.05, 0.1) is 11.6 Å². The Morgan fingerprint density at radius 1 is 1.45 bits per heavy atom. The Kier molecular flexibility index (Phi) is 3.95. The number of hydrogen-bond donors (Lipinski definition) is 2. The van der Waals surface area contributed by atoms with Crippen LogP contribution in [0.15, 0.2) is 0 Å². The highest BCUT2D eigenvalue weighted by Crippen LogP contribution is 2.34. The molecule has 2 heterocycles. The first-order valence-corrected chi connectivity index (χ1v) is 7.30. The van der Waals surface area contributed by atoms with E-state index in [-0.39, 0.29) is 12.1 Å². The third-order valence-corrected chi connectivity index (χ3v) is 5.00. The third-order valence-electron chi connectivity index (χ3n) is 5.00. The quantitative estimate of drug-likeness (QED) is 0.825. The van der Waals surface area contributed by atoms with Gasteiger partial charge in [-0.25, -0.2) is 9.59 Å². The van der Waals surface area contributed by atoms with Crippen molar-refractivity contribution in [1.82, 2.24) is 10.2 Å². The molecule has 3 atom stereocenters. The zero-order chi connectivity index (χ0) is 15.0. The SMILES string of the molecule is CCC1(C(=O)O)CCCN1C(=O)NC1(C)CCOC1C. The minimum Gasteiger partial charge on any atom is -0.479 e. The summed E-state index contributed by atoms with van der Waals surface area (Å²) in [4.78, 5) is 25.6. The molecular weight excluding hydrogens is 260 g/mol.